The van der Waals surface area contributed by atoms with Gasteiger partial charge < -0.3 is 20.4 Å². The molecule has 2 fully saturated rings. The van der Waals surface area contributed by atoms with E-state index in [1.165, 1.54) is 12.4 Å². The minimum Gasteiger partial charge on any atom is -0.358 e. The van der Waals surface area contributed by atoms with E-state index in [2.05, 4.69) is 46.4 Å². The summed E-state index contributed by atoms with van der Waals surface area (Å²) in [5.41, 5.74) is -0.368. The highest BCUT2D eigenvalue weighted by Crippen LogP contribution is 2.34. The van der Waals surface area contributed by atoms with E-state index in [0.29, 0.717) is 30.6 Å². The first-order valence-electron chi connectivity index (χ1n) is 11.9. The molecule has 1 saturated carbocycles. The Balaban J connectivity index is 1.49. The van der Waals surface area contributed by atoms with Crippen LogP contribution in [0.5, 0.6) is 0 Å². The van der Waals surface area contributed by atoms with Crippen LogP contribution in [0.1, 0.15) is 45.1 Å². The topological polar surface area (TPSA) is 73.4 Å². The van der Waals surface area contributed by atoms with Gasteiger partial charge in [0.05, 0.1) is 11.1 Å². The Bertz CT molecular complexity index is 1030. The van der Waals surface area contributed by atoms with E-state index in [1.54, 1.807) is 0 Å². The van der Waals surface area contributed by atoms with E-state index in [1.807, 2.05) is 11.9 Å². The lowest BCUT2D eigenvalue weighted by Crippen LogP contribution is -2.57. The van der Waals surface area contributed by atoms with E-state index >= 15 is 0 Å². The van der Waals surface area contributed by atoms with E-state index < -0.39 is 17.8 Å². The van der Waals surface area contributed by atoms with Gasteiger partial charge in [0.1, 0.15) is 18.2 Å². The normalized spacial score (nSPS) is 26.1. The summed E-state index contributed by atoms with van der Waals surface area (Å²) >= 11 is 0. The monoisotopic (exact) mass is 478 g/mol. The van der Waals surface area contributed by atoms with Crippen molar-refractivity contribution in [3.8, 4) is 0 Å². The van der Waals surface area contributed by atoms with Crippen molar-refractivity contribution in [3.05, 3.63) is 30.1 Å². The van der Waals surface area contributed by atoms with Crippen LogP contribution < -0.4 is 10.6 Å². The molecule has 2 unspecified atom stereocenters. The SMILES string of the molecule is CNC1C[C@H](N(C)C(C)C)CC[C@@H]1N1CCC(Nc2ncnc3ccc(C(F)(F)F)cc23)C1=O. The van der Waals surface area contributed by atoms with Crippen LogP contribution in [0.15, 0.2) is 24.5 Å². The summed E-state index contributed by atoms with van der Waals surface area (Å²) in [4.78, 5) is 25.9. The Morgan fingerprint density at radius 1 is 1.18 bits per heavy atom. The van der Waals surface area contributed by atoms with Gasteiger partial charge >= 0.3 is 6.18 Å². The summed E-state index contributed by atoms with van der Waals surface area (Å²) in [5.74, 6) is 0.225. The third kappa shape index (κ3) is 4.84. The molecular weight excluding hydrogens is 445 g/mol. The number of nitrogens with zero attached hydrogens (tertiary/aromatic N) is 4. The zero-order valence-corrected chi connectivity index (χ0v) is 20.1. The molecule has 0 bridgehead atoms. The summed E-state index contributed by atoms with van der Waals surface area (Å²) in [6.07, 6.45) is 0.317. The second-order valence-electron chi connectivity index (χ2n) is 9.66. The van der Waals surface area contributed by atoms with Gasteiger partial charge in [-0.3, -0.25) is 4.79 Å². The fourth-order valence-electron chi connectivity index (χ4n) is 5.29. The number of likely N-dealkylation sites (N-methyl/N-ethyl adjacent to an activating group) is 1. The summed E-state index contributed by atoms with van der Waals surface area (Å²) in [6, 6.07) is 4.07. The summed E-state index contributed by atoms with van der Waals surface area (Å²) in [7, 11) is 4.09. The maximum absolute atomic E-state index is 13.4. The van der Waals surface area contributed by atoms with Crippen LogP contribution in [0.3, 0.4) is 0 Å². The van der Waals surface area contributed by atoms with Gasteiger partial charge in [-0.1, -0.05) is 0 Å². The number of halogens is 3. The number of likely N-dealkylation sites (tertiary alicyclic amines) is 1. The third-order valence-electron chi connectivity index (χ3n) is 7.46. The summed E-state index contributed by atoms with van der Waals surface area (Å²) < 4.78 is 39.7. The number of alkyl halides is 3. The highest BCUT2D eigenvalue weighted by Gasteiger charge is 2.42. The second-order valence-corrected chi connectivity index (χ2v) is 9.66. The smallest absolute Gasteiger partial charge is 0.358 e. The van der Waals surface area contributed by atoms with Gasteiger partial charge in [0, 0.05) is 36.1 Å². The average Bonchev–Trinajstić information content (AvgIpc) is 3.17. The van der Waals surface area contributed by atoms with Crippen molar-refractivity contribution in [3.63, 3.8) is 0 Å². The van der Waals surface area contributed by atoms with Crippen molar-refractivity contribution in [1.29, 1.82) is 0 Å². The number of fused-ring (bicyclic) bond motifs is 1. The number of anilines is 1. The van der Waals surface area contributed by atoms with Crippen LogP contribution in [0, 0.1) is 0 Å². The first-order valence-corrected chi connectivity index (χ1v) is 11.9. The van der Waals surface area contributed by atoms with Crippen molar-refractivity contribution in [2.45, 2.75) is 75.9 Å². The quantitative estimate of drug-likeness (QED) is 0.662. The highest BCUT2D eigenvalue weighted by molar-refractivity contribution is 5.93. The third-order valence-corrected chi connectivity index (χ3v) is 7.46. The maximum Gasteiger partial charge on any atom is 0.416 e. The van der Waals surface area contributed by atoms with Gasteiger partial charge in [-0.2, -0.15) is 13.2 Å². The van der Waals surface area contributed by atoms with Crippen LogP contribution in [-0.2, 0) is 11.0 Å². The molecule has 2 N–H and O–H groups in total. The van der Waals surface area contributed by atoms with Gasteiger partial charge in [0.25, 0.3) is 0 Å². The minimum absolute atomic E-state index is 0.0281. The first kappa shape index (κ1) is 24.7. The van der Waals surface area contributed by atoms with Gasteiger partial charge in [-0.25, -0.2) is 9.97 Å². The Labute approximate surface area is 198 Å². The molecule has 0 spiro atoms. The molecule has 4 atom stereocenters. The molecule has 34 heavy (non-hydrogen) atoms. The molecule has 2 heterocycles. The lowest BCUT2D eigenvalue weighted by molar-refractivity contribution is -0.137. The standard InChI is InChI=1S/C24H33F3N6O/c1-14(2)32(4)16-6-8-21(20(12-16)28-3)33-10-9-19(23(33)34)31-22-17-11-15(24(25,26)27)5-7-18(17)29-13-30-22/h5,7,11,13-14,16,19-21,28H,6,8-10,12H2,1-4H3,(H,29,30,31)/t16-,19?,20?,21+/m1/s1. The number of carbonyl (C=O) groups is 1. The Hall–Kier alpha value is -2.46. The van der Waals surface area contributed by atoms with Crippen molar-refractivity contribution in [2.24, 2.45) is 0 Å². The molecule has 10 heteroatoms. The molecular formula is C24H33F3N6O. The van der Waals surface area contributed by atoms with Crippen LogP contribution >= 0.6 is 0 Å². The zero-order chi connectivity index (χ0) is 24.6. The summed E-state index contributed by atoms with van der Waals surface area (Å²) in [5, 5.41) is 6.79. The van der Waals surface area contributed by atoms with Gasteiger partial charge in [0.2, 0.25) is 5.91 Å². The predicted molar refractivity (Wildman–Crippen MR) is 125 cm³/mol. The van der Waals surface area contributed by atoms with Crippen molar-refractivity contribution >= 4 is 22.6 Å². The van der Waals surface area contributed by atoms with Gasteiger partial charge in [-0.15, -0.1) is 0 Å². The second kappa shape index (κ2) is 9.65. The van der Waals surface area contributed by atoms with E-state index in [9.17, 15) is 18.0 Å². The van der Waals surface area contributed by atoms with Crippen LogP contribution in [0.25, 0.3) is 10.9 Å². The van der Waals surface area contributed by atoms with E-state index in [-0.39, 0.29) is 29.2 Å². The van der Waals surface area contributed by atoms with Gasteiger partial charge in [0.15, 0.2) is 0 Å². The van der Waals surface area contributed by atoms with Crippen LogP contribution in [0.2, 0.25) is 0 Å². The Kier molecular flexibility index (Phi) is 7.00. The predicted octanol–water partition coefficient (Wildman–Crippen LogP) is 3.51. The van der Waals surface area contributed by atoms with Crippen molar-refractivity contribution in [2.75, 3.05) is 26.0 Å². The number of amides is 1. The number of hydrogen-bond acceptors (Lipinski definition) is 6. The molecule has 0 radical (unpaired) electrons. The molecule has 186 valence electrons. The molecule has 1 aliphatic heterocycles. The molecule has 2 aromatic rings. The van der Waals surface area contributed by atoms with Crippen LogP contribution in [-0.4, -0.2) is 76.5 Å². The first-order chi connectivity index (χ1) is 16.1. The zero-order valence-electron chi connectivity index (χ0n) is 20.1. The number of carbonyl (C=O) groups excluding carboxylic acids is 1. The lowest BCUT2D eigenvalue weighted by atomic mass is 9.84. The number of benzene rings is 1. The molecule has 1 saturated heterocycles. The molecule has 1 amide bonds. The van der Waals surface area contributed by atoms with E-state index in [4.69, 9.17) is 0 Å². The maximum atomic E-state index is 13.4. The fraction of sp³-hybridized carbons (Fsp3) is 0.625. The molecule has 1 aromatic carbocycles. The minimum atomic E-state index is -4.47. The molecule has 1 aromatic heterocycles. The van der Waals surface area contributed by atoms with Crippen molar-refractivity contribution < 1.29 is 18.0 Å². The number of rotatable bonds is 6. The fourth-order valence-corrected chi connectivity index (χ4v) is 5.29. The van der Waals surface area contributed by atoms with Crippen molar-refractivity contribution in [1.82, 2.24) is 25.1 Å². The molecule has 4 rings (SSSR count). The molecule has 1 aliphatic carbocycles. The van der Waals surface area contributed by atoms with E-state index in [0.717, 1.165) is 31.4 Å². The molecule has 7 nitrogen and oxygen atoms in total. The number of hydrogen-bond donors (Lipinski definition) is 2. The molecule has 2 aliphatic rings. The Morgan fingerprint density at radius 2 is 1.94 bits per heavy atom. The highest BCUT2D eigenvalue weighted by atomic mass is 19.4. The number of aromatic nitrogens is 2. The van der Waals surface area contributed by atoms with Gasteiger partial charge in [-0.05, 0) is 71.8 Å². The average molecular weight is 479 g/mol. The largest absolute Gasteiger partial charge is 0.416 e. The number of nitrogens with one attached hydrogen (secondary N) is 2. The summed E-state index contributed by atoms with van der Waals surface area (Å²) in [6.45, 7) is 4.99. The van der Waals surface area contributed by atoms with Crippen LogP contribution in [0.4, 0.5) is 19.0 Å². The lowest BCUT2D eigenvalue weighted by Gasteiger charge is -2.44. The Morgan fingerprint density at radius 3 is 2.62 bits per heavy atom.